The van der Waals surface area contributed by atoms with E-state index in [9.17, 15) is 4.79 Å². The van der Waals surface area contributed by atoms with Gasteiger partial charge in [0, 0.05) is 11.6 Å². The second kappa shape index (κ2) is 5.95. The molecule has 0 aromatic heterocycles. The first-order valence-electron chi connectivity index (χ1n) is 6.81. The van der Waals surface area contributed by atoms with Crippen LogP contribution in [0.4, 0.5) is 0 Å². The monoisotopic (exact) mass is 263 g/mol. The zero-order chi connectivity index (χ0) is 13.8. The Kier molecular flexibility index (Phi) is 4.30. The summed E-state index contributed by atoms with van der Waals surface area (Å²) in [4.78, 5) is 12.1. The first kappa shape index (κ1) is 13.7. The van der Waals surface area contributed by atoms with Crippen LogP contribution in [0.1, 0.15) is 37.0 Å². The number of ether oxygens (including phenoxy) is 2. The van der Waals surface area contributed by atoms with E-state index in [4.69, 9.17) is 9.47 Å². The van der Waals surface area contributed by atoms with E-state index in [0.717, 1.165) is 12.8 Å². The molecule has 2 rings (SSSR count). The van der Waals surface area contributed by atoms with Crippen LogP contribution in [0.5, 0.6) is 11.5 Å². The van der Waals surface area contributed by atoms with E-state index in [0.29, 0.717) is 35.6 Å². The van der Waals surface area contributed by atoms with Crippen molar-refractivity contribution in [1.82, 2.24) is 5.32 Å². The SMILES string of the molecule is CCOc1cc(C(=O)N[C@@H]2C[C@@H]2CC)ccc1OC. The van der Waals surface area contributed by atoms with Gasteiger partial charge in [0.2, 0.25) is 0 Å². The molecule has 0 aliphatic heterocycles. The van der Waals surface area contributed by atoms with Crippen molar-refractivity contribution in [2.75, 3.05) is 13.7 Å². The van der Waals surface area contributed by atoms with Gasteiger partial charge in [-0.25, -0.2) is 0 Å². The molecule has 1 saturated carbocycles. The van der Waals surface area contributed by atoms with Crippen molar-refractivity contribution >= 4 is 5.91 Å². The summed E-state index contributed by atoms with van der Waals surface area (Å²) in [6, 6.07) is 5.61. The zero-order valence-electron chi connectivity index (χ0n) is 11.7. The maximum atomic E-state index is 12.1. The van der Waals surface area contributed by atoms with E-state index >= 15 is 0 Å². The van der Waals surface area contributed by atoms with Crippen LogP contribution in [-0.2, 0) is 0 Å². The molecule has 1 aliphatic carbocycles. The molecule has 1 aromatic carbocycles. The maximum Gasteiger partial charge on any atom is 0.251 e. The molecule has 1 fully saturated rings. The number of rotatable bonds is 6. The second-order valence-electron chi connectivity index (χ2n) is 4.78. The van der Waals surface area contributed by atoms with Crippen molar-refractivity contribution in [2.24, 2.45) is 5.92 Å². The minimum atomic E-state index is -0.0374. The molecule has 4 heteroatoms. The third kappa shape index (κ3) is 3.19. The minimum absolute atomic E-state index is 0.0374. The summed E-state index contributed by atoms with van der Waals surface area (Å²) in [5, 5.41) is 3.04. The summed E-state index contributed by atoms with van der Waals surface area (Å²) in [5.41, 5.74) is 0.617. The van der Waals surface area contributed by atoms with Gasteiger partial charge in [-0.05, 0) is 37.5 Å². The van der Waals surface area contributed by atoms with Gasteiger partial charge in [0.15, 0.2) is 11.5 Å². The number of amides is 1. The van der Waals surface area contributed by atoms with Gasteiger partial charge < -0.3 is 14.8 Å². The fraction of sp³-hybridized carbons (Fsp3) is 0.533. The molecule has 0 heterocycles. The van der Waals surface area contributed by atoms with Crippen LogP contribution < -0.4 is 14.8 Å². The standard InChI is InChI=1S/C15H21NO3/c1-4-10-8-12(10)16-15(17)11-6-7-13(18-3)14(9-11)19-5-2/h6-7,9-10,12H,4-5,8H2,1-3H3,(H,16,17)/t10-,12+/m0/s1. The van der Waals surface area contributed by atoms with Gasteiger partial charge in [0.25, 0.3) is 5.91 Å². The van der Waals surface area contributed by atoms with Crippen molar-refractivity contribution in [1.29, 1.82) is 0 Å². The maximum absolute atomic E-state index is 12.1. The molecule has 1 amide bonds. The Morgan fingerprint density at radius 3 is 2.74 bits per heavy atom. The van der Waals surface area contributed by atoms with Crippen LogP contribution in [0.25, 0.3) is 0 Å². The highest BCUT2D eigenvalue weighted by molar-refractivity contribution is 5.95. The van der Waals surface area contributed by atoms with Gasteiger partial charge in [-0.2, -0.15) is 0 Å². The number of benzene rings is 1. The van der Waals surface area contributed by atoms with Gasteiger partial charge in [-0.15, -0.1) is 0 Å². The molecule has 0 unspecified atom stereocenters. The highest BCUT2D eigenvalue weighted by atomic mass is 16.5. The molecule has 2 atom stereocenters. The molecule has 1 aliphatic rings. The molecule has 1 aromatic rings. The molecule has 0 radical (unpaired) electrons. The third-order valence-corrected chi connectivity index (χ3v) is 3.49. The predicted octanol–water partition coefficient (Wildman–Crippen LogP) is 2.62. The second-order valence-corrected chi connectivity index (χ2v) is 4.78. The van der Waals surface area contributed by atoms with E-state index in [1.807, 2.05) is 6.92 Å². The molecule has 0 bridgehead atoms. The Hall–Kier alpha value is -1.71. The summed E-state index contributed by atoms with van der Waals surface area (Å²) in [7, 11) is 1.59. The molecule has 19 heavy (non-hydrogen) atoms. The minimum Gasteiger partial charge on any atom is -0.493 e. The molecule has 0 saturated heterocycles. The summed E-state index contributed by atoms with van der Waals surface area (Å²) in [6.45, 7) is 4.60. The summed E-state index contributed by atoms with van der Waals surface area (Å²) >= 11 is 0. The van der Waals surface area contributed by atoms with Crippen LogP contribution in [0.3, 0.4) is 0 Å². The summed E-state index contributed by atoms with van der Waals surface area (Å²) in [6.07, 6.45) is 2.22. The fourth-order valence-electron chi connectivity index (χ4n) is 2.21. The van der Waals surface area contributed by atoms with Crippen LogP contribution in [0.15, 0.2) is 18.2 Å². The molecule has 1 N–H and O–H groups in total. The molecule has 4 nitrogen and oxygen atoms in total. The van der Waals surface area contributed by atoms with Crippen molar-refractivity contribution in [2.45, 2.75) is 32.7 Å². The Morgan fingerprint density at radius 1 is 1.37 bits per heavy atom. The van der Waals surface area contributed by atoms with Gasteiger partial charge in [-0.3, -0.25) is 4.79 Å². The van der Waals surface area contributed by atoms with E-state index < -0.39 is 0 Å². The summed E-state index contributed by atoms with van der Waals surface area (Å²) < 4.78 is 10.7. The first-order valence-corrected chi connectivity index (χ1v) is 6.81. The number of carbonyl (C=O) groups is 1. The molecular formula is C15H21NO3. The van der Waals surface area contributed by atoms with Gasteiger partial charge in [0.1, 0.15) is 0 Å². The third-order valence-electron chi connectivity index (χ3n) is 3.49. The van der Waals surface area contributed by atoms with Crippen molar-refractivity contribution in [3.63, 3.8) is 0 Å². The summed E-state index contributed by atoms with van der Waals surface area (Å²) in [5.74, 6) is 1.87. The fourth-order valence-corrected chi connectivity index (χ4v) is 2.21. The quantitative estimate of drug-likeness (QED) is 0.858. The van der Waals surface area contributed by atoms with E-state index in [2.05, 4.69) is 12.2 Å². The zero-order valence-corrected chi connectivity index (χ0v) is 11.7. The van der Waals surface area contributed by atoms with Crippen molar-refractivity contribution in [3.8, 4) is 11.5 Å². The lowest BCUT2D eigenvalue weighted by Crippen LogP contribution is -2.26. The van der Waals surface area contributed by atoms with E-state index in [1.54, 1.807) is 25.3 Å². The molecule has 0 spiro atoms. The topological polar surface area (TPSA) is 47.6 Å². The Labute approximate surface area is 114 Å². The average molecular weight is 263 g/mol. The van der Waals surface area contributed by atoms with E-state index in [-0.39, 0.29) is 5.91 Å². The van der Waals surface area contributed by atoms with Crippen LogP contribution >= 0.6 is 0 Å². The highest BCUT2D eigenvalue weighted by Gasteiger charge is 2.36. The van der Waals surface area contributed by atoms with Crippen molar-refractivity contribution in [3.05, 3.63) is 23.8 Å². The van der Waals surface area contributed by atoms with Crippen LogP contribution in [0.2, 0.25) is 0 Å². The lowest BCUT2D eigenvalue weighted by molar-refractivity contribution is 0.0948. The lowest BCUT2D eigenvalue weighted by atomic mass is 10.2. The number of methoxy groups -OCH3 is 1. The average Bonchev–Trinajstić information content (AvgIpc) is 3.17. The largest absolute Gasteiger partial charge is 0.493 e. The van der Waals surface area contributed by atoms with E-state index in [1.165, 1.54) is 0 Å². The van der Waals surface area contributed by atoms with Gasteiger partial charge in [0.05, 0.1) is 13.7 Å². The molecule has 104 valence electrons. The van der Waals surface area contributed by atoms with Crippen LogP contribution in [0, 0.1) is 5.92 Å². The van der Waals surface area contributed by atoms with Crippen molar-refractivity contribution < 1.29 is 14.3 Å². The Balaban J connectivity index is 2.07. The van der Waals surface area contributed by atoms with Gasteiger partial charge >= 0.3 is 0 Å². The number of nitrogens with one attached hydrogen (secondary N) is 1. The Bertz CT molecular complexity index is 459. The predicted molar refractivity (Wildman–Crippen MR) is 73.8 cm³/mol. The van der Waals surface area contributed by atoms with Crippen LogP contribution in [-0.4, -0.2) is 25.7 Å². The number of hydrogen-bond acceptors (Lipinski definition) is 3. The smallest absolute Gasteiger partial charge is 0.251 e. The first-order chi connectivity index (χ1) is 9.19. The number of carbonyl (C=O) groups excluding carboxylic acids is 1. The Morgan fingerprint density at radius 2 is 2.16 bits per heavy atom. The lowest BCUT2D eigenvalue weighted by Gasteiger charge is -2.11. The number of hydrogen-bond donors (Lipinski definition) is 1. The normalized spacial score (nSPS) is 20.8. The van der Waals surface area contributed by atoms with Gasteiger partial charge in [-0.1, -0.05) is 13.3 Å². The molecular weight excluding hydrogens is 242 g/mol. The highest BCUT2D eigenvalue weighted by Crippen LogP contribution is 2.34.